The topological polar surface area (TPSA) is 61.5 Å². The monoisotopic (exact) mass is 374 g/mol. The van der Waals surface area contributed by atoms with E-state index in [0.29, 0.717) is 11.7 Å². The number of hydrogen-bond acceptors (Lipinski definition) is 5. The molecule has 140 valence electrons. The number of aromatic amines is 1. The quantitative estimate of drug-likeness (QED) is 0.874. The van der Waals surface area contributed by atoms with Crippen LogP contribution in [0.5, 0.6) is 0 Å². The van der Waals surface area contributed by atoms with Crippen molar-refractivity contribution in [2.75, 3.05) is 39.4 Å². The Morgan fingerprint density at radius 3 is 3.00 bits per heavy atom. The molecule has 2 aromatic heterocycles. The zero-order valence-electron chi connectivity index (χ0n) is 15.0. The third-order valence-electron chi connectivity index (χ3n) is 5.40. The Labute approximate surface area is 158 Å². The Hall–Kier alpha value is -1.70. The molecule has 0 bridgehead atoms. The highest BCUT2D eigenvalue weighted by atomic mass is 32.1. The number of hydrogen-bond donors (Lipinski definition) is 1. The molecule has 2 aliphatic rings. The van der Waals surface area contributed by atoms with Crippen molar-refractivity contribution in [2.45, 2.75) is 31.7 Å². The maximum absolute atomic E-state index is 13.1. The molecule has 0 saturated carbocycles. The van der Waals surface area contributed by atoms with Crippen molar-refractivity contribution in [3.63, 3.8) is 0 Å². The molecule has 0 unspecified atom stereocenters. The van der Waals surface area contributed by atoms with Gasteiger partial charge in [0.05, 0.1) is 18.9 Å². The van der Waals surface area contributed by atoms with Crippen LogP contribution in [0.25, 0.3) is 11.3 Å². The summed E-state index contributed by atoms with van der Waals surface area (Å²) < 4.78 is 5.43. The number of rotatable bonds is 5. The fourth-order valence-corrected chi connectivity index (χ4v) is 4.52. The third-order valence-corrected chi connectivity index (χ3v) is 6.08. The van der Waals surface area contributed by atoms with E-state index in [-0.39, 0.29) is 5.91 Å². The van der Waals surface area contributed by atoms with E-state index in [0.717, 1.165) is 69.9 Å². The van der Waals surface area contributed by atoms with Gasteiger partial charge >= 0.3 is 0 Å². The molecule has 0 radical (unpaired) electrons. The second kappa shape index (κ2) is 8.33. The molecule has 1 amide bonds. The van der Waals surface area contributed by atoms with Crippen molar-refractivity contribution in [2.24, 2.45) is 0 Å². The molecule has 1 atom stereocenters. The number of aromatic nitrogens is 2. The normalized spacial score (nSPS) is 21.8. The van der Waals surface area contributed by atoms with E-state index in [4.69, 9.17) is 4.74 Å². The van der Waals surface area contributed by atoms with Crippen molar-refractivity contribution in [3.8, 4) is 11.3 Å². The van der Waals surface area contributed by atoms with Crippen LogP contribution < -0.4 is 0 Å². The minimum atomic E-state index is 0.0886. The van der Waals surface area contributed by atoms with Crippen LogP contribution in [0.4, 0.5) is 0 Å². The summed E-state index contributed by atoms with van der Waals surface area (Å²) in [6, 6.07) is 4.24. The van der Waals surface area contributed by atoms with Gasteiger partial charge in [0, 0.05) is 43.2 Å². The van der Waals surface area contributed by atoms with Crippen molar-refractivity contribution >= 4 is 17.2 Å². The van der Waals surface area contributed by atoms with E-state index in [1.807, 2.05) is 17.5 Å². The zero-order chi connectivity index (χ0) is 17.8. The first kappa shape index (κ1) is 17.7. The van der Waals surface area contributed by atoms with Crippen molar-refractivity contribution in [3.05, 3.63) is 28.6 Å². The number of H-pyrrole nitrogens is 1. The van der Waals surface area contributed by atoms with E-state index in [1.54, 1.807) is 11.3 Å². The summed E-state index contributed by atoms with van der Waals surface area (Å²) in [6.07, 6.45) is 4.44. The molecule has 4 rings (SSSR count). The maximum Gasteiger partial charge on any atom is 0.272 e. The van der Waals surface area contributed by atoms with Crippen LogP contribution in [0, 0.1) is 0 Å². The number of amides is 1. The smallest absolute Gasteiger partial charge is 0.272 e. The number of carbonyl (C=O) groups excluding carboxylic acids is 1. The summed E-state index contributed by atoms with van der Waals surface area (Å²) in [6.45, 7) is 5.55. The molecule has 2 aliphatic heterocycles. The van der Waals surface area contributed by atoms with Crippen LogP contribution in [0.1, 0.15) is 36.2 Å². The Balaban J connectivity index is 1.41. The lowest BCUT2D eigenvalue weighted by atomic mass is 9.98. The van der Waals surface area contributed by atoms with Gasteiger partial charge in [-0.3, -0.25) is 14.8 Å². The summed E-state index contributed by atoms with van der Waals surface area (Å²) in [7, 11) is 0. The van der Waals surface area contributed by atoms with Gasteiger partial charge in [-0.1, -0.05) is 0 Å². The van der Waals surface area contributed by atoms with Gasteiger partial charge in [-0.2, -0.15) is 16.4 Å². The largest absolute Gasteiger partial charge is 0.379 e. The highest BCUT2D eigenvalue weighted by Gasteiger charge is 2.29. The fourth-order valence-electron chi connectivity index (χ4n) is 3.87. The van der Waals surface area contributed by atoms with Crippen molar-refractivity contribution in [1.29, 1.82) is 0 Å². The molecule has 0 spiro atoms. The molecule has 26 heavy (non-hydrogen) atoms. The summed E-state index contributed by atoms with van der Waals surface area (Å²) in [4.78, 5) is 17.6. The minimum absolute atomic E-state index is 0.0886. The van der Waals surface area contributed by atoms with E-state index < -0.39 is 0 Å². The number of carbonyl (C=O) groups is 1. The van der Waals surface area contributed by atoms with Crippen LogP contribution in [0.2, 0.25) is 0 Å². The van der Waals surface area contributed by atoms with Gasteiger partial charge in [0.15, 0.2) is 0 Å². The lowest BCUT2D eigenvalue weighted by Crippen LogP contribution is -2.46. The first-order chi connectivity index (χ1) is 12.8. The average molecular weight is 375 g/mol. The van der Waals surface area contributed by atoms with Crippen LogP contribution in [-0.4, -0.2) is 71.3 Å². The molecule has 4 heterocycles. The molecular formula is C19H26N4O2S. The van der Waals surface area contributed by atoms with E-state index >= 15 is 0 Å². The number of likely N-dealkylation sites (tertiary alicyclic amines) is 1. The number of nitrogens with zero attached hydrogens (tertiary/aromatic N) is 3. The first-order valence-corrected chi connectivity index (χ1v) is 10.4. The van der Waals surface area contributed by atoms with E-state index in [9.17, 15) is 4.79 Å². The maximum atomic E-state index is 13.1. The second-order valence-electron chi connectivity index (χ2n) is 7.07. The van der Waals surface area contributed by atoms with Crippen molar-refractivity contribution in [1.82, 2.24) is 20.0 Å². The van der Waals surface area contributed by atoms with Crippen LogP contribution in [0.15, 0.2) is 22.9 Å². The molecule has 0 aromatic carbocycles. The number of ether oxygens (including phenoxy) is 1. The van der Waals surface area contributed by atoms with Crippen LogP contribution >= 0.6 is 11.3 Å². The first-order valence-electron chi connectivity index (χ1n) is 9.50. The van der Waals surface area contributed by atoms with Gasteiger partial charge in [0.25, 0.3) is 5.91 Å². The molecule has 2 aromatic rings. The van der Waals surface area contributed by atoms with Crippen LogP contribution in [-0.2, 0) is 4.74 Å². The summed E-state index contributed by atoms with van der Waals surface area (Å²) in [5.41, 5.74) is 2.51. The molecule has 2 saturated heterocycles. The van der Waals surface area contributed by atoms with Gasteiger partial charge in [-0.05, 0) is 43.2 Å². The molecule has 7 heteroatoms. The van der Waals surface area contributed by atoms with Gasteiger partial charge in [-0.25, -0.2) is 0 Å². The fraction of sp³-hybridized carbons (Fsp3) is 0.579. The van der Waals surface area contributed by atoms with E-state index in [2.05, 4.69) is 25.4 Å². The lowest BCUT2D eigenvalue weighted by Gasteiger charge is -2.37. The number of piperidine rings is 1. The highest BCUT2D eigenvalue weighted by molar-refractivity contribution is 7.08. The number of morpholine rings is 1. The average Bonchev–Trinajstić information content (AvgIpc) is 3.38. The van der Waals surface area contributed by atoms with Gasteiger partial charge < -0.3 is 9.64 Å². The summed E-state index contributed by atoms with van der Waals surface area (Å²) in [5, 5.41) is 11.4. The molecular weight excluding hydrogens is 348 g/mol. The molecule has 0 aliphatic carbocycles. The van der Waals surface area contributed by atoms with Gasteiger partial charge in [0.1, 0.15) is 5.69 Å². The minimum Gasteiger partial charge on any atom is -0.379 e. The summed E-state index contributed by atoms with van der Waals surface area (Å²) >= 11 is 1.64. The van der Waals surface area contributed by atoms with Crippen LogP contribution in [0.3, 0.4) is 0 Å². The van der Waals surface area contributed by atoms with Crippen molar-refractivity contribution < 1.29 is 9.53 Å². The SMILES string of the molecule is O=C(c1cc(-c2ccsc2)n[nH]1)N1CCCC[C@@H]1CCN1CCOCC1. The standard InChI is InChI=1S/C19H26N4O2S/c24-19(18-13-17(20-21-18)15-5-12-26-14-15)23-6-2-1-3-16(23)4-7-22-8-10-25-11-9-22/h5,12-14,16H,1-4,6-11H2,(H,20,21)/t16-/m1/s1. The highest BCUT2D eigenvalue weighted by Crippen LogP contribution is 2.25. The summed E-state index contributed by atoms with van der Waals surface area (Å²) in [5.74, 6) is 0.0886. The Morgan fingerprint density at radius 1 is 1.31 bits per heavy atom. The Kier molecular flexibility index (Phi) is 5.67. The number of nitrogens with one attached hydrogen (secondary N) is 1. The van der Waals surface area contributed by atoms with E-state index in [1.165, 1.54) is 6.42 Å². The predicted octanol–water partition coefficient (Wildman–Crippen LogP) is 2.86. The molecule has 1 N–H and O–H groups in total. The van der Waals surface area contributed by atoms with Gasteiger partial charge in [-0.15, -0.1) is 0 Å². The second-order valence-corrected chi connectivity index (χ2v) is 7.85. The molecule has 6 nitrogen and oxygen atoms in total. The molecule has 2 fully saturated rings. The van der Waals surface area contributed by atoms with Gasteiger partial charge in [0.2, 0.25) is 0 Å². The predicted molar refractivity (Wildman–Crippen MR) is 102 cm³/mol. The third kappa shape index (κ3) is 4.00. The number of thiophene rings is 1. The Morgan fingerprint density at radius 2 is 2.19 bits per heavy atom. The zero-order valence-corrected chi connectivity index (χ0v) is 15.8. The lowest BCUT2D eigenvalue weighted by molar-refractivity contribution is 0.0295. The Bertz CT molecular complexity index is 709.